The zero-order chi connectivity index (χ0) is 15.7. The van der Waals surface area contributed by atoms with E-state index in [4.69, 9.17) is 11.6 Å². The lowest BCUT2D eigenvalue weighted by atomic mass is 10.1. The van der Waals surface area contributed by atoms with Gasteiger partial charge in [-0.15, -0.1) is 0 Å². The first kappa shape index (κ1) is 15.8. The van der Waals surface area contributed by atoms with Crippen molar-refractivity contribution in [3.8, 4) is 6.07 Å². The number of rotatable bonds is 5. The molecule has 118 valence electrons. The molecule has 1 atom stereocenters. The lowest BCUT2D eigenvalue weighted by molar-refractivity contribution is 0.331. The van der Waals surface area contributed by atoms with Crippen LogP contribution >= 0.6 is 11.6 Å². The summed E-state index contributed by atoms with van der Waals surface area (Å²) < 4.78 is 27.2. The third kappa shape index (κ3) is 3.61. The highest BCUT2D eigenvalue weighted by Crippen LogP contribution is 2.25. The summed E-state index contributed by atoms with van der Waals surface area (Å²) in [5.41, 5.74) is 1.44. The first-order valence-corrected chi connectivity index (χ1v) is 9.32. The minimum atomic E-state index is -3.22. The highest BCUT2D eigenvalue weighted by molar-refractivity contribution is 7.90. The molecule has 1 N–H and O–H groups in total. The van der Waals surface area contributed by atoms with Crippen LogP contribution in [0, 0.1) is 11.3 Å². The van der Waals surface area contributed by atoms with E-state index in [1.807, 2.05) is 6.07 Å². The van der Waals surface area contributed by atoms with Gasteiger partial charge in [-0.25, -0.2) is 13.1 Å². The van der Waals surface area contributed by atoms with Gasteiger partial charge in [0.05, 0.1) is 16.9 Å². The van der Waals surface area contributed by atoms with Gasteiger partial charge >= 0.3 is 0 Å². The van der Waals surface area contributed by atoms with Gasteiger partial charge in [-0.3, -0.25) is 4.90 Å². The number of nitrogens with zero attached hydrogens (tertiary/aromatic N) is 2. The zero-order valence-corrected chi connectivity index (χ0v) is 13.7. The van der Waals surface area contributed by atoms with Gasteiger partial charge in [0.1, 0.15) is 0 Å². The number of likely N-dealkylation sites (tertiary alicyclic amines) is 1. The van der Waals surface area contributed by atoms with Gasteiger partial charge in [-0.2, -0.15) is 5.26 Å². The normalized spacial score (nSPS) is 22.6. The SMILES string of the molecule is N#Cc1cc(Cl)ccc1CN1CCC(S(=O)(=O)NC2CC2)C1. The smallest absolute Gasteiger partial charge is 0.216 e. The number of nitriles is 1. The Morgan fingerprint density at radius 1 is 1.36 bits per heavy atom. The number of benzene rings is 1. The highest BCUT2D eigenvalue weighted by atomic mass is 35.5. The van der Waals surface area contributed by atoms with E-state index >= 15 is 0 Å². The number of halogens is 1. The summed E-state index contributed by atoms with van der Waals surface area (Å²) in [5.74, 6) is 0. The van der Waals surface area contributed by atoms with E-state index in [0.29, 0.717) is 30.1 Å². The summed E-state index contributed by atoms with van der Waals surface area (Å²) in [6.45, 7) is 1.81. The molecule has 1 saturated carbocycles. The van der Waals surface area contributed by atoms with Crippen molar-refractivity contribution >= 4 is 21.6 Å². The second-order valence-electron chi connectivity index (χ2n) is 6.00. The van der Waals surface area contributed by atoms with Crippen LogP contribution in [0.5, 0.6) is 0 Å². The maximum Gasteiger partial charge on any atom is 0.216 e. The fourth-order valence-electron chi connectivity index (χ4n) is 2.76. The van der Waals surface area contributed by atoms with E-state index in [1.165, 1.54) is 0 Å². The van der Waals surface area contributed by atoms with Crippen LogP contribution in [0.2, 0.25) is 5.02 Å². The van der Waals surface area contributed by atoms with Gasteiger partial charge in [0.15, 0.2) is 0 Å². The summed E-state index contributed by atoms with van der Waals surface area (Å²) in [4.78, 5) is 2.08. The first-order chi connectivity index (χ1) is 10.5. The minimum absolute atomic E-state index is 0.153. The van der Waals surface area contributed by atoms with Crippen molar-refractivity contribution in [2.24, 2.45) is 0 Å². The fourth-order valence-corrected chi connectivity index (χ4v) is 4.64. The van der Waals surface area contributed by atoms with Crippen LogP contribution < -0.4 is 4.72 Å². The van der Waals surface area contributed by atoms with Crippen LogP contribution in [0.4, 0.5) is 0 Å². The molecule has 0 aromatic heterocycles. The Balaban J connectivity index is 1.65. The van der Waals surface area contributed by atoms with Crippen molar-refractivity contribution in [2.45, 2.75) is 37.1 Å². The van der Waals surface area contributed by atoms with E-state index in [9.17, 15) is 13.7 Å². The predicted octanol–water partition coefficient (Wildman–Crippen LogP) is 1.87. The van der Waals surface area contributed by atoms with Crippen LogP contribution in [-0.4, -0.2) is 37.7 Å². The number of hydrogen-bond acceptors (Lipinski definition) is 4. The minimum Gasteiger partial charge on any atom is -0.298 e. The molecule has 2 fully saturated rings. The third-order valence-electron chi connectivity index (χ3n) is 4.16. The van der Waals surface area contributed by atoms with E-state index in [0.717, 1.165) is 24.9 Å². The lowest BCUT2D eigenvalue weighted by Gasteiger charge is -2.17. The molecule has 1 aromatic rings. The van der Waals surface area contributed by atoms with Crippen LogP contribution in [0.1, 0.15) is 30.4 Å². The van der Waals surface area contributed by atoms with Crippen LogP contribution in [0.3, 0.4) is 0 Å². The molecule has 2 aliphatic rings. The molecule has 5 nitrogen and oxygen atoms in total. The Morgan fingerprint density at radius 2 is 2.14 bits per heavy atom. The number of nitrogens with one attached hydrogen (secondary N) is 1. The van der Waals surface area contributed by atoms with Crippen molar-refractivity contribution in [2.75, 3.05) is 13.1 Å². The molecule has 0 bridgehead atoms. The molecular weight excluding hydrogens is 322 g/mol. The van der Waals surface area contributed by atoms with Gasteiger partial charge in [0.2, 0.25) is 10.0 Å². The van der Waals surface area contributed by atoms with Crippen molar-refractivity contribution in [3.05, 3.63) is 34.3 Å². The van der Waals surface area contributed by atoms with Gasteiger partial charge in [-0.05, 0) is 43.5 Å². The maximum atomic E-state index is 12.2. The fraction of sp³-hybridized carbons (Fsp3) is 0.533. The Morgan fingerprint density at radius 3 is 2.82 bits per heavy atom. The molecule has 1 heterocycles. The van der Waals surface area contributed by atoms with Crippen LogP contribution in [-0.2, 0) is 16.6 Å². The molecular formula is C15H18ClN3O2S. The average Bonchev–Trinajstić information content (AvgIpc) is 3.14. The molecule has 1 saturated heterocycles. The lowest BCUT2D eigenvalue weighted by Crippen LogP contribution is -2.37. The molecule has 3 rings (SSSR count). The van der Waals surface area contributed by atoms with E-state index in [1.54, 1.807) is 12.1 Å². The Kier molecular flexibility index (Phi) is 4.42. The average molecular weight is 340 g/mol. The largest absolute Gasteiger partial charge is 0.298 e. The summed E-state index contributed by atoms with van der Waals surface area (Å²) in [5, 5.41) is 9.35. The Hall–Kier alpha value is -1.13. The first-order valence-electron chi connectivity index (χ1n) is 7.40. The summed E-state index contributed by atoms with van der Waals surface area (Å²) in [6.07, 6.45) is 2.54. The molecule has 1 aliphatic carbocycles. The van der Waals surface area contributed by atoms with Gasteiger partial charge < -0.3 is 0 Å². The Labute approximate surface area is 135 Å². The second-order valence-corrected chi connectivity index (χ2v) is 8.43. The monoisotopic (exact) mass is 339 g/mol. The topological polar surface area (TPSA) is 73.2 Å². The molecule has 1 aliphatic heterocycles. The highest BCUT2D eigenvalue weighted by Gasteiger charge is 2.36. The van der Waals surface area contributed by atoms with Gasteiger partial charge in [0.25, 0.3) is 0 Å². The van der Waals surface area contributed by atoms with Crippen LogP contribution in [0.25, 0.3) is 0 Å². The molecule has 0 spiro atoms. The van der Waals surface area contributed by atoms with E-state index < -0.39 is 10.0 Å². The number of hydrogen-bond donors (Lipinski definition) is 1. The molecule has 0 radical (unpaired) electrons. The quantitative estimate of drug-likeness (QED) is 0.888. The second kappa shape index (κ2) is 6.17. The molecule has 22 heavy (non-hydrogen) atoms. The maximum absolute atomic E-state index is 12.2. The molecule has 1 unspecified atom stereocenters. The van der Waals surface area contributed by atoms with Crippen molar-refractivity contribution < 1.29 is 8.42 Å². The van der Waals surface area contributed by atoms with Crippen molar-refractivity contribution in [1.29, 1.82) is 5.26 Å². The van der Waals surface area contributed by atoms with Crippen molar-refractivity contribution in [3.63, 3.8) is 0 Å². The third-order valence-corrected chi connectivity index (χ3v) is 6.32. The standard InChI is InChI=1S/C15H18ClN3O2S/c16-13-2-1-11(12(7-13)8-17)9-19-6-5-15(10-19)22(20,21)18-14-3-4-14/h1-2,7,14-15,18H,3-6,9-10H2. The predicted molar refractivity (Wildman–Crippen MR) is 84.9 cm³/mol. The number of sulfonamides is 1. The van der Waals surface area contributed by atoms with Crippen molar-refractivity contribution in [1.82, 2.24) is 9.62 Å². The van der Waals surface area contributed by atoms with Gasteiger partial charge in [0, 0.05) is 24.2 Å². The van der Waals surface area contributed by atoms with E-state index in [2.05, 4.69) is 15.7 Å². The Bertz CT molecular complexity index is 710. The molecule has 7 heteroatoms. The van der Waals surface area contributed by atoms with E-state index in [-0.39, 0.29) is 11.3 Å². The van der Waals surface area contributed by atoms with Crippen LogP contribution in [0.15, 0.2) is 18.2 Å². The zero-order valence-electron chi connectivity index (χ0n) is 12.1. The van der Waals surface area contributed by atoms with Gasteiger partial charge in [-0.1, -0.05) is 17.7 Å². The molecule has 1 aromatic carbocycles. The summed E-state index contributed by atoms with van der Waals surface area (Å²) in [7, 11) is -3.22. The summed E-state index contributed by atoms with van der Waals surface area (Å²) in [6, 6.07) is 7.55. The molecule has 0 amide bonds. The summed E-state index contributed by atoms with van der Waals surface area (Å²) >= 11 is 5.90.